The van der Waals surface area contributed by atoms with Crippen molar-refractivity contribution in [1.82, 2.24) is 4.98 Å². The summed E-state index contributed by atoms with van der Waals surface area (Å²) in [5.74, 6) is -0.217. The lowest BCUT2D eigenvalue weighted by molar-refractivity contribution is -0.274. The Morgan fingerprint density at radius 2 is 1.94 bits per heavy atom. The number of aromatic nitrogens is 1. The van der Waals surface area contributed by atoms with Gasteiger partial charge in [0.2, 0.25) is 0 Å². The molecule has 2 nitrogen and oxygen atoms in total. The summed E-state index contributed by atoms with van der Waals surface area (Å²) in [7, 11) is 0. The summed E-state index contributed by atoms with van der Waals surface area (Å²) >= 11 is 0. The molecule has 0 radical (unpaired) electrons. The molecular weight excluding hydrogens is 219 g/mol. The first-order valence-electron chi connectivity index (χ1n) is 4.57. The zero-order chi connectivity index (χ0) is 11.8. The summed E-state index contributed by atoms with van der Waals surface area (Å²) in [6, 6.07) is 5.84. The molecule has 1 heterocycles. The number of benzene rings is 1. The standard InChI is InChI=1S/C11H8F3NO/c1-7-10-3-2-9(16-11(12,13)14)6-8(10)4-5-15-7/h2-6H,1H3. The van der Waals surface area contributed by atoms with Gasteiger partial charge in [-0.3, -0.25) is 4.98 Å². The van der Waals surface area contributed by atoms with Gasteiger partial charge in [0.05, 0.1) is 0 Å². The highest BCUT2D eigenvalue weighted by atomic mass is 19.4. The van der Waals surface area contributed by atoms with Gasteiger partial charge < -0.3 is 4.74 Å². The number of rotatable bonds is 1. The fraction of sp³-hybridized carbons (Fsp3) is 0.182. The Balaban J connectivity index is 2.45. The number of pyridine rings is 1. The normalized spacial score (nSPS) is 11.8. The van der Waals surface area contributed by atoms with E-state index in [0.717, 1.165) is 11.1 Å². The molecule has 2 aromatic rings. The molecule has 0 amide bonds. The number of halogens is 3. The van der Waals surface area contributed by atoms with Crippen molar-refractivity contribution in [3.8, 4) is 5.75 Å². The fourth-order valence-electron chi connectivity index (χ4n) is 1.50. The van der Waals surface area contributed by atoms with Gasteiger partial charge in [-0.25, -0.2) is 0 Å². The van der Waals surface area contributed by atoms with Crippen LogP contribution in [0.1, 0.15) is 5.69 Å². The number of fused-ring (bicyclic) bond motifs is 1. The molecule has 1 aromatic carbocycles. The van der Waals surface area contributed by atoms with E-state index in [1.807, 2.05) is 0 Å². The van der Waals surface area contributed by atoms with Gasteiger partial charge in [0.1, 0.15) is 5.75 Å². The molecule has 0 N–H and O–H groups in total. The van der Waals surface area contributed by atoms with Gasteiger partial charge in [-0.15, -0.1) is 13.2 Å². The first-order valence-corrected chi connectivity index (χ1v) is 4.57. The van der Waals surface area contributed by atoms with Gasteiger partial charge in [0, 0.05) is 17.3 Å². The second-order valence-electron chi connectivity index (χ2n) is 3.33. The van der Waals surface area contributed by atoms with Crippen LogP contribution in [-0.4, -0.2) is 11.3 Å². The van der Waals surface area contributed by atoms with Crippen molar-refractivity contribution >= 4 is 10.8 Å². The monoisotopic (exact) mass is 227 g/mol. The van der Waals surface area contributed by atoms with E-state index in [9.17, 15) is 13.2 Å². The highest BCUT2D eigenvalue weighted by Gasteiger charge is 2.31. The van der Waals surface area contributed by atoms with Gasteiger partial charge in [-0.1, -0.05) is 0 Å². The molecular formula is C11H8F3NO. The van der Waals surface area contributed by atoms with Gasteiger partial charge in [-0.2, -0.15) is 0 Å². The fourth-order valence-corrected chi connectivity index (χ4v) is 1.50. The molecule has 0 aliphatic rings. The van der Waals surface area contributed by atoms with Crippen LogP contribution in [0.4, 0.5) is 13.2 Å². The van der Waals surface area contributed by atoms with Crippen LogP contribution >= 0.6 is 0 Å². The maximum absolute atomic E-state index is 12.0. The summed E-state index contributed by atoms with van der Waals surface area (Å²) in [5.41, 5.74) is 0.774. The van der Waals surface area contributed by atoms with E-state index < -0.39 is 6.36 Å². The Morgan fingerprint density at radius 1 is 1.19 bits per heavy atom. The van der Waals surface area contributed by atoms with Crippen LogP contribution in [0.5, 0.6) is 5.75 Å². The smallest absolute Gasteiger partial charge is 0.406 e. The van der Waals surface area contributed by atoms with E-state index in [0.29, 0.717) is 5.39 Å². The molecule has 16 heavy (non-hydrogen) atoms. The molecule has 0 atom stereocenters. The molecule has 0 bridgehead atoms. The molecule has 2 rings (SSSR count). The maximum Gasteiger partial charge on any atom is 0.573 e. The van der Waals surface area contributed by atoms with Crippen molar-refractivity contribution in [2.24, 2.45) is 0 Å². The molecule has 0 aliphatic heterocycles. The number of hydrogen-bond acceptors (Lipinski definition) is 2. The molecule has 1 aromatic heterocycles. The van der Waals surface area contributed by atoms with Crippen LogP contribution in [0.3, 0.4) is 0 Å². The minimum atomic E-state index is -4.66. The van der Waals surface area contributed by atoms with Crippen molar-refractivity contribution in [3.05, 3.63) is 36.2 Å². The van der Waals surface area contributed by atoms with E-state index in [4.69, 9.17) is 0 Å². The molecule has 0 saturated heterocycles. The van der Waals surface area contributed by atoms with Gasteiger partial charge >= 0.3 is 6.36 Å². The van der Waals surface area contributed by atoms with E-state index in [-0.39, 0.29) is 5.75 Å². The summed E-state index contributed by atoms with van der Waals surface area (Å²) in [6.45, 7) is 1.80. The number of ether oxygens (including phenoxy) is 1. The summed E-state index contributed by atoms with van der Waals surface area (Å²) in [5, 5.41) is 1.49. The Hall–Kier alpha value is -1.78. The second kappa shape index (κ2) is 3.66. The van der Waals surface area contributed by atoms with Gasteiger partial charge in [0.15, 0.2) is 0 Å². The Labute approximate surface area is 89.7 Å². The van der Waals surface area contributed by atoms with Crippen LogP contribution < -0.4 is 4.74 Å². The molecule has 84 valence electrons. The summed E-state index contributed by atoms with van der Waals surface area (Å²) in [4.78, 5) is 4.05. The Bertz CT molecular complexity index is 522. The number of hydrogen-bond donors (Lipinski definition) is 0. The molecule has 0 fully saturated rings. The number of nitrogens with zero attached hydrogens (tertiary/aromatic N) is 1. The minimum Gasteiger partial charge on any atom is -0.406 e. The molecule has 0 saturated carbocycles. The van der Waals surface area contributed by atoms with E-state index in [1.165, 1.54) is 12.1 Å². The van der Waals surface area contributed by atoms with Crippen molar-refractivity contribution in [2.45, 2.75) is 13.3 Å². The quantitative estimate of drug-likeness (QED) is 0.744. The average molecular weight is 227 g/mol. The summed E-state index contributed by atoms with van der Waals surface area (Å²) < 4.78 is 39.8. The zero-order valence-corrected chi connectivity index (χ0v) is 8.38. The van der Waals surface area contributed by atoms with Crippen molar-refractivity contribution in [1.29, 1.82) is 0 Å². The van der Waals surface area contributed by atoms with Gasteiger partial charge in [0.25, 0.3) is 0 Å². The van der Waals surface area contributed by atoms with E-state index in [2.05, 4.69) is 9.72 Å². The van der Waals surface area contributed by atoms with Crippen LogP contribution in [0, 0.1) is 6.92 Å². The SMILES string of the molecule is Cc1nccc2cc(OC(F)(F)F)ccc12. The Morgan fingerprint density at radius 3 is 2.62 bits per heavy atom. The first-order chi connectivity index (χ1) is 7.46. The summed E-state index contributed by atoms with van der Waals surface area (Å²) in [6.07, 6.45) is -3.11. The van der Waals surface area contributed by atoms with Crippen molar-refractivity contribution in [2.75, 3.05) is 0 Å². The topological polar surface area (TPSA) is 22.1 Å². The van der Waals surface area contributed by atoms with Crippen LogP contribution in [0.25, 0.3) is 10.8 Å². The van der Waals surface area contributed by atoms with Crippen LogP contribution in [0.15, 0.2) is 30.5 Å². The van der Waals surface area contributed by atoms with Gasteiger partial charge in [-0.05, 0) is 36.6 Å². The highest BCUT2D eigenvalue weighted by molar-refractivity contribution is 5.85. The lowest BCUT2D eigenvalue weighted by atomic mass is 10.1. The van der Waals surface area contributed by atoms with Crippen molar-refractivity contribution in [3.63, 3.8) is 0 Å². The highest BCUT2D eigenvalue weighted by Crippen LogP contribution is 2.26. The molecule has 0 unspecified atom stereocenters. The average Bonchev–Trinajstić information content (AvgIpc) is 2.15. The molecule has 0 aliphatic carbocycles. The Kier molecular flexibility index (Phi) is 2.46. The second-order valence-corrected chi connectivity index (χ2v) is 3.33. The molecule has 0 spiro atoms. The predicted molar refractivity (Wildman–Crippen MR) is 53.2 cm³/mol. The zero-order valence-electron chi connectivity index (χ0n) is 8.38. The third kappa shape index (κ3) is 2.24. The minimum absolute atomic E-state index is 0.217. The number of alkyl halides is 3. The maximum atomic E-state index is 12.0. The number of aryl methyl sites for hydroxylation is 1. The van der Waals surface area contributed by atoms with Crippen LogP contribution in [-0.2, 0) is 0 Å². The molecule has 5 heteroatoms. The lowest BCUT2D eigenvalue weighted by Gasteiger charge is -2.09. The predicted octanol–water partition coefficient (Wildman–Crippen LogP) is 3.44. The largest absolute Gasteiger partial charge is 0.573 e. The third-order valence-corrected chi connectivity index (χ3v) is 2.17. The van der Waals surface area contributed by atoms with E-state index >= 15 is 0 Å². The lowest BCUT2D eigenvalue weighted by Crippen LogP contribution is -2.17. The third-order valence-electron chi connectivity index (χ3n) is 2.17. The van der Waals surface area contributed by atoms with E-state index in [1.54, 1.807) is 25.3 Å². The van der Waals surface area contributed by atoms with Crippen molar-refractivity contribution < 1.29 is 17.9 Å². The first kappa shape index (κ1) is 10.7. The van der Waals surface area contributed by atoms with Crippen LogP contribution in [0.2, 0.25) is 0 Å².